The van der Waals surface area contributed by atoms with Gasteiger partial charge in [-0.1, -0.05) is 60.3 Å². The van der Waals surface area contributed by atoms with Crippen molar-refractivity contribution in [3.8, 4) is 17.1 Å². The normalized spacial score (nSPS) is 11.2. The maximum atomic E-state index is 13.3. The van der Waals surface area contributed by atoms with Crippen LogP contribution in [0, 0.1) is 0 Å². The Labute approximate surface area is 196 Å². The van der Waals surface area contributed by atoms with Gasteiger partial charge in [0.25, 0.3) is 0 Å². The van der Waals surface area contributed by atoms with E-state index in [1.807, 2.05) is 30.3 Å². The molecule has 9 heteroatoms. The number of thioether (sulfide) groups is 1. The van der Waals surface area contributed by atoms with Crippen LogP contribution < -0.4 is 10.1 Å². The van der Waals surface area contributed by atoms with Crippen LogP contribution in [0.5, 0.6) is 5.75 Å². The Hall–Kier alpha value is -3.56. The molecule has 168 valence electrons. The van der Waals surface area contributed by atoms with Crippen molar-refractivity contribution in [1.29, 1.82) is 0 Å². The third-order valence-electron chi connectivity index (χ3n) is 4.72. The smallest absolute Gasteiger partial charge is 0.234 e. The first-order chi connectivity index (χ1) is 16.0. The highest BCUT2D eigenvalue weighted by molar-refractivity contribution is 8.00. The standard InChI is InChI=1S/C24H21N3O4S2/c1-31-19-14-12-18(13-15-19)25-21(28)16-32-23-24(33(29,30)20-10-6-3-7-11-20)27-22(26-23)17-8-4-2-5-9-17/h2-15H,16H2,1H3,(H,25,28)(H,26,27). The molecule has 0 fully saturated rings. The van der Waals surface area contributed by atoms with Crippen LogP contribution in [0.2, 0.25) is 0 Å². The SMILES string of the molecule is COc1ccc(NC(=O)CSc2nc(-c3ccccc3)[nH]c2S(=O)(=O)c2ccccc2)cc1. The first-order valence-corrected chi connectivity index (χ1v) is 12.5. The van der Waals surface area contributed by atoms with E-state index in [4.69, 9.17) is 4.74 Å². The number of amides is 1. The summed E-state index contributed by atoms with van der Waals surface area (Å²) in [7, 11) is -2.29. The number of aromatic nitrogens is 2. The van der Waals surface area contributed by atoms with E-state index in [1.54, 1.807) is 49.6 Å². The quantitative estimate of drug-likeness (QED) is 0.357. The van der Waals surface area contributed by atoms with Crippen molar-refractivity contribution in [1.82, 2.24) is 9.97 Å². The van der Waals surface area contributed by atoms with Gasteiger partial charge in [0.05, 0.1) is 17.8 Å². The van der Waals surface area contributed by atoms with E-state index in [2.05, 4.69) is 15.3 Å². The van der Waals surface area contributed by atoms with E-state index in [9.17, 15) is 13.2 Å². The number of hydrogen-bond acceptors (Lipinski definition) is 6. The molecule has 4 aromatic rings. The monoisotopic (exact) mass is 479 g/mol. The number of nitrogens with zero attached hydrogens (tertiary/aromatic N) is 1. The minimum absolute atomic E-state index is 0.0115. The molecule has 0 aliphatic heterocycles. The van der Waals surface area contributed by atoms with Gasteiger partial charge in [-0.05, 0) is 36.4 Å². The van der Waals surface area contributed by atoms with Crippen LogP contribution in [-0.4, -0.2) is 37.2 Å². The second kappa shape index (κ2) is 9.93. The first-order valence-electron chi connectivity index (χ1n) is 9.99. The lowest BCUT2D eigenvalue weighted by atomic mass is 10.2. The zero-order valence-corrected chi connectivity index (χ0v) is 19.3. The van der Waals surface area contributed by atoms with Crippen molar-refractivity contribution in [2.75, 3.05) is 18.2 Å². The number of nitrogens with one attached hydrogen (secondary N) is 2. The number of carbonyl (C=O) groups is 1. The molecule has 0 atom stereocenters. The molecule has 4 rings (SSSR count). The van der Waals surface area contributed by atoms with E-state index in [0.29, 0.717) is 17.3 Å². The third-order valence-corrected chi connectivity index (χ3v) is 7.55. The molecule has 2 N–H and O–H groups in total. The summed E-state index contributed by atoms with van der Waals surface area (Å²) < 4.78 is 31.7. The number of benzene rings is 3. The zero-order valence-electron chi connectivity index (χ0n) is 17.7. The molecule has 0 radical (unpaired) electrons. The molecule has 3 aromatic carbocycles. The predicted molar refractivity (Wildman–Crippen MR) is 128 cm³/mol. The second-order valence-corrected chi connectivity index (χ2v) is 9.82. The van der Waals surface area contributed by atoms with Crippen LogP contribution >= 0.6 is 11.8 Å². The molecule has 0 aliphatic rings. The fourth-order valence-electron chi connectivity index (χ4n) is 3.08. The molecule has 33 heavy (non-hydrogen) atoms. The van der Waals surface area contributed by atoms with Gasteiger partial charge in [0.15, 0.2) is 5.03 Å². The maximum absolute atomic E-state index is 13.3. The van der Waals surface area contributed by atoms with Gasteiger partial charge in [-0.3, -0.25) is 4.79 Å². The van der Waals surface area contributed by atoms with Crippen molar-refractivity contribution in [3.63, 3.8) is 0 Å². The Kier molecular flexibility index (Phi) is 6.81. The van der Waals surface area contributed by atoms with Crippen molar-refractivity contribution in [3.05, 3.63) is 84.9 Å². The largest absolute Gasteiger partial charge is 0.497 e. The summed E-state index contributed by atoms with van der Waals surface area (Å²) in [4.78, 5) is 20.1. The van der Waals surface area contributed by atoms with Gasteiger partial charge in [-0.15, -0.1) is 0 Å². The summed E-state index contributed by atoms with van der Waals surface area (Å²) in [5, 5.41) is 3.00. The van der Waals surface area contributed by atoms with Crippen LogP contribution in [0.15, 0.2) is 99.9 Å². The van der Waals surface area contributed by atoms with Crippen molar-refractivity contribution >= 4 is 33.2 Å². The summed E-state index contributed by atoms with van der Waals surface area (Å²) in [6, 6.07) is 24.3. The lowest BCUT2D eigenvalue weighted by molar-refractivity contribution is -0.113. The van der Waals surface area contributed by atoms with Gasteiger partial charge in [-0.2, -0.15) is 0 Å². The molecule has 1 heterocycles. The average Bonchev–Trinajstić information content (AvgIpc) is 3.30. The van der Waals surface area contributed by atoms with Crippen LogP contribution in [0.3, 0.4) is 0 Å². The second-order valence-electron chi connectivity index (χ2n) is 6.97. The number of hydrogen-bond donors (Lipinski definition) is 2. The first kappa shape index (κ1) is 22.6. The average molecular weight is 480 g/mol. The van der Waals surface area contributed by atoms with Gasteiger partial charge in [0.1, 0.15) is 16.6 Å². The summed E-state index contributed by atoms with van der Waals surface area (Å²) in [6.07, 6.45) is 0. The number of aromatic amines is 1. The van der Waals surface area contributed by atoms with E-state index in [1.165, 1.54) is 12.1 Å². The lowest BCUT2D eigenvalue weighted by Gasteiger charge is -2.07. The predicted octanol–water partition coefficient (Wildman–Crippen LogP) is 4.65. The van der Waals surface area contributed by atoms with Crippen LogP contribution in [-0.2, 0) is 14.6 Å². The van der Waals surface area contributed by atoms with Crippen molar-refractivity contribution in [2.45, 2.75) is 14.9 Å². The molecule has 0 saturated heterocycles. The molecule has 1 amide bonds. The van der Waals surface area contributed by atoms with E-state index in [0.717, 1.165) is 17.3 Å². The summed E-state index contributed by atoms with van der Waals surface area (Å²) in [6.45, 7) is 0. The summed E-state index contributed by atoms with van der Waals surface area (Å²) in [5.41, 5.74) is 1.36. The van der Waals surface area contributed by atoms with Gasteiger partial charge < -0.3 is 15.0 Å². The van der Waals surface area contributed by atoms with Crippen molar-refractivity contribution < 1.29 is 17.9 Å². The number of rotatable bonds is 8. The lowest BCUT2D eigenvalue weighted by Crippen LogP contribution is -2.14. The highest BCUT2D eigenvalue weighted by atomic mass is 32.2. The molecule has 7 nitrogen and oxygen atoms in total. The Morgan fingerprint density at radius 2 is 1.61 bits per heavy atom. The Bertz CT molecular complexity index is 1340. The number of imidazole rings is 1. The molecule has 0 unspecified atom stereocenters. The Morgan fingerprint density at radius 1 is 0.970 bits per heavy atom. The fraction of sp³-hybridized carbons (Fsp3) is 0.0833. The third kappa shape index (κ3) is 5.27. The van der Waals surface area contributed by atoms with Crippen LogP contribution in [0.4, 0.5) is 5.69 Å². The minimum atomic E-state index is -3.86. The highest BCUT2D eigenvalue weighted by Crippen LogP contribution is 2.32. The Morgan fingerprint density at radius 3 is 2.24 bits per heavy atom. The van der Waals surface area contributed by atoms with Crippen molar-refractivity contribution in [2.24, 2.45) is 0 Å². The summed E-state index contributed by atoms with van der Waals surface area (Å²) in [5.74, 6) is 0.811. The van der Waals surface area contributed by atoms with E-state index >= 15 is 0 Å². The molecule has 0 aliphatic carbocycles. The number of H-pyrrole nitrogens is 1. The number of sulfone groups is 1. The number of ether oxygens (including phenoxy) is 1. The van der Waals surface area contributed by atoms with E-state index < -0.39 is 9.84 Å². The molecule has 0 saturated carbocycles. The molecule has 1 aromatic heterocycles. The van der Waals surface area contributed by atoms with Crippen LogP contribution in [0.25, 0.3) is 11.4 Å². The molecule has 0 bridgehead atoms. The van der Waals surface area contributed by atoms with E-state index in [-0.39, 0.29) is 26.6 Å². The number of carbonyl (C=O) groups excluding carboxylic acids is 1. The molecular weight excluding hydrogens is 458 g/mol. The minimum Gasteiger partial charge on any atom is -0.497 e. The van der Waals surface area contributed by atoms with Gasteiger partial charge >= 0.3 is 0 Å². The van der Waals surface area contributed by atoms with Gasteiger partial charge in [0.2, 0.25) is 15.7 Å². The molecular formula is C24H21N3O4S2. The zero-order chi connectivity index (χ0) is 23.3. The fourth-order valence-corrected chi connectivity index (χ4v) is 5.52. The van der Waals surface area contributed by atoms with Gasteiger partial charge in [-0.25, -0.2) is 13.4 Å². The van der Waals surface area contributed by atoms with Crippen LogP contribution in [0.1, 0.15) is 0 Å². The summed E-state index contributed by atoms with van der Waals surface area (Å²) >= 11 is 1.06. The molecule has 0 spiro atoms. The number of anilines is 1. The Balaban J connectivity index is 1.59. The van der Waals surface area contributed by atoms with Gasteiger partial charge in [0, 0.05) is 11.3 Å². The number of methoxy groups -OCH3 is 1. The maximum Gasteiger partial charge on any atom is 0.234 e. The topological polar surface area (TPSA) is 101 Å². The highest BCUT2D eigenvalue weighted by Gasteiger charge is 2.26.